The van der Waals surface area contributed by atoms with E-state index in [1.807, 2.05) is 6.07 Å². The number of aliphatic hydroxyl groups is 1. The Bertz CT molecular complexity index is 1460. The Morgan fingerprint density at radius 2 is 2.10 bits per heavy atom. The first-order valence-electron chi connectivity index (χ1n) is 12.5. The topological polar surface area (TPSA) is 135 Å². The molecule has 2 aromatic carbocycles. The summed E-state index contributed by atoms with van der Waals surface area (Å²) in [6.45, 7) is -0.705. The van der Waals surface area contributed by atoms with Crippen LogP contribution in [0.4, 0.5) is 24.5 Å². The number of anilines is 2. The highest BCUT2D eigenvalue weighted by Crippen LogP contribution is 2.42. The molecule has 0 spiro atoms. The molecule has 0 saturated heterocycles. The van der Waals surface area contributed by atoms with E-state index in [2.05, 4.69) is 15.4 Å². The minimum atomic E-state index is -2.56. The molecule has 5 rings (SSSR count). The second kappa shape index (κ2) is 10.8. The van der Waals surface area contributed by atoms with Crippen LogP contribution in [0.15, 0.2) is 53.9 Å². The summed E-state index contributed by atoms with van der Waals surface area (Å²) in [5.74, 6) is -0.747. The Labute approximate surface area is 222 Å². The highest BCUT2D eigenvalue weighted by Gasteiger charge is 2.33. The summed E-state index contributed by atoms with van der Waals surface area (Å²) in [7, 11) is 0. The number of nitrogens with zero attached hydrogens (tertiary/aromatic N) is 4. The molecular weight excluding hydrogens is 511 g/mol. The van der Waals surface area contributed by atoms with Crippen molar-refractivity contribution in [1.29, 1.82) is 0 Å². The second-order valence-electron chi connectivity index (χ2n) is 9.50. The zero-order chi connectivity index (χ0) is 27.7. The van der Waals surface area contributed by atoms with Gasteiger partial charge in [-0.05, 0) is 48.4 Å². The number of hydrogen-bond donors (Lipinski definition) is 4. The zero-order valence-electron chi connectivity index (χ0n) is 20.9. The molecule has 0 atom stereocenters. The van der Waals surface area contributed by atoms with E-state index in [-0.39, 0.29) is 17.2 Å². The lowest BCUT2D eigenvalue weighted by atomic mass is 9.93. The van der Waals surface area contributed by atoms with Crippen molar-refractivity contribution < 1.29 is 23.1 Å². The van der Waals surface area contributed by atoms with Gasteiger partial charge in [-0.3, -0.25) is 9.48 Å². The summed E-state index contributed by atoms with van der Waals surface area (Å²) in [6.07, 6.45) is 3.85. The van der Waals surface area contributed by atoms with Crippen molar-refractivity contribution >= 4 is 28.9 Å². The number of rotatable bonds is 8. The predicted octanol–water partition coefficient (Wildman–Crippen LogP) is 3.54. The minimum Gasteiger partial charge on any atom is -0.403 e. The number of benzene rings is 2. The number of aromatic nitrogens is 2. The van der Waals surface area contributed by atoms with E-state index >= 15 is 4.39 Å². The van der Waals surface area contributed by atoms with Gasteiger partial charge in [-0.1, -0.05) is 18.2 Å². The quantitative estimate of drug-likeness (QED) is 0.256. The largest absolute Gasteiger partial charge is 0.403 e. The Kier molecular flexibility index (Phi) is 7.29. The molecule has 1 amide bonds. The molecule has 12 heteroatoms. The van der Waals surface area contributed by atoms with Crippen LogP contribution in [0.1, 0.15) is 51.4 Å². The first kappa shape index (κ1) is 26.3. The van der Waals surface area contributed by atoms with Gasteiger partial charge in [-0.2, -0.15) is 5.10 Å². The number of carbonyl (C=O) groups is 1. The van der Waals surface area contributed by atoms with E-state index in [0.717, 1.165) is 23.1 Å². The van der Waals surface area contributed by atoms with Crippen LogP contribution in [0.2, 0.25) is 0 Å². The monoisotopic (exact) mass is 539 g/mol. The van der Waals surface area contributed by atoms with Crippen molar-refractivity contribution in [3.05, 3.63) is 82.6 Å². The van der Waals surface area contributed by atoms with Crippen LogP contribution in [0.3, 0.4) is 0 Å². The number of guanidine groups is 1. The van der Waals surface area contributed by atoms with Gasteiger partial charge >= 0.3 is 0 Å². The third-order valence-electron chi connectivity index (χ3n) is 6.81. The number of halogens is 3. The van der Waals surface area contributed by atoms with Gasteiger partial charge in [0.2, 0.25) is 0 Å². The summed E-state index contributed by atoms with van der Waals surface area (Å²) in [4.78, 5) is 19.2. The molecule has 1 saturated carbocycles. The Hall–Kier alpha value is -4.32. The molecule has 3 aromatic rings. The van der Waals surface area contributed by atoms with Crippen LogP contribution in [-0.4, -0.2) is 39.7 Å². The van der Waals surface area contributed by atoms with Crippen LogP contribution < -0.4 is 21.7 Å². The lowest BCUT2D eigenvalue weighted by Gasteiger charge is -2.31. The first-order chi connectivity index (χ1) is 18.8. The van der Waals surface area contributed by atoms with E-state index in [1.54, 1.807) is 18.2 Å². The Morgan fingerprint density at radius 3 is 2.79 bits per heavy atom. The van der Waals surface area contributed by atoms with Crippen LogP contribution in [0.5, 0.6) is 0 Å². The molecular formula is C27H28F3N7O2. The van der Waals surface area contributed by atoms with Gasteiger partial charge in [-0.25, -0.2) is 18.2 Å². The molecule has 39 heavy (non-hydrogen) atoms. The van der Waals surface area contributed by atoms with Crippen molar-refractivity contribution in [1.82, 2.24) is 9.78 Å². The molecule has 1 fully saturated rings. The van der Waals surface area contributed by atoms with E-state index in [0.29, 0.717) is 46.9 Å². The number of fused-ring (bicyclic) bond motifs is 1. The average Bonchev–Trinajstić information content (AvgIpc) is 3.67. The van der Waals surface area contributed by atoms with E-state index < -0.39 is 31.3 Å². The van der Waals surface area contributed by atoms with Crippen LogP contribution in [0, 0.1) is 5.82 Å². The van der Waals surface area contributed by atoms with Crippen LogP contribution >= 0.6 is 0 Å². The fourth-order valence-corrected chi connectivity index (χ4v) is 4.87. The Morgan fingerprint density at radius 1 is 1.31 bits per heavy atom. The third-order valence-corrected chi connectivity index (χ3v) is 6.81. The number of alkyl halides is 2. The van der Waals surface area contributed by atoms with Gasteiger partial charge in [0.05, 0.1) is 35.4 Å². The zero-order valence-corrected chi connectivity index (χ0v) is 20.9. The summed E-state index contributed by atoms with van der Waals surface area (Å²) in [6, 6.07) is 8.40. The lowest BCUT2D eigenvalue weighted by Crippen LogP contribution is -2.39. The molecule has 0 bridgehead atoms. The van der Waals surface area contributed by atoms with E-state index in [9.17, 15) is 18.7 Å². The summed E-state index contributed by atoms with van der Waals surface area (Å²) in [5, 5.41) is 16.9. The lowest BCUT2D eigenvalue weighted by molar-refractivity contribution is 0.0975. The van der Waals surface area contributed by atoms with Crippen LogP contribution in [-0.2, 0) is 19.6 Å². The molecule has 1 aliphatic carbocycles. The van der Waals surface area contributed by atoms with E-state index in [4.69, 9.17) is 11.5 Å². The highest BCUT2D eigenvalue weighted by atomic mass is 19.3. The third kappa shape index (κ3) is 5.46. The minimum absolute atomic E-state index is 0.0494. The highest BCUT2D eigenvalue weighted by molar-refractivity contribution is 6.09. The second-order valence-corrected chi connectivity index (χ2v) is 9.50. The number of amides is 1. The smallest absolute Gasteiger partial charge is 0.261 e. The maximum atomic E-state index is 15.1. The number of nitrogens with two attached hydrogens (primary N) is 2. The molecule has 2 aliphatic rings. The normalized spacial score (nSPS) is 16.1. The summed E-state index contributed by atoms with van der Waals surface area (Å²) < 4.78 is 41.3. The van der Waals surface area contributed by atoms with Crippen molar-refractivity contribution in [3.63, 3.8) is 0 Å². The number of carbonyl (C=O) groups excluding carboxylic acids is 1. The molecule has 9 nitrogen and oxygen atoms in total. The van der Waals surface area contributed by atoms with Gasteiger partial charge in [0.1, 0.15) is 12.4 Å². The fourth-order valence-electron chi connectivity index (χ4n) is 4.87. The molecule has 1 aromatic heterocycles. The number of aliphatic imine (C=N–C) groups is 1. The van der Waals surface area contributed by atoms with Gasteiger partial charge < -0.3 is 26.8 Å². The standard InChI is InChI=1S/C27H28F3N7O2/c28-21-9-17(15-4-5-15)8-16-6-7-37(26(39)25(16)21)23-3-1-2-19(20(23)14-38)22(10-31)35-27(32)34-18-11-33-36(12-18)13-24(29)30/h1-3,8-12,15,24,38H,4-7,13-14,31H2,(H3,32,34,35)/b22-10-. The average molecular weight is 540 g/mol. The predicted molar refractivity (Wildman–Crippen MR) is 142 cm³/mol. The van der Waals surface area contributed by atoms with Crippen molar-refractivity contribution in [2.75, 3.05) is 16.8 Å². The number of hydrogen-bond acceptors (Lipinski definition) is 5. The number of nitrogens with one attached hydrogen (secondary N) is 1. The van der Waals surface area contributed by atoms with E-state index in [1.165, 1.54) is 29.6 Å². The molecule has 1 aliphatic heterocycles. The fraction of sp³-hybridized carbons (Fsp3) is 0.296. The Balaban J connectivity index is 1.42. The van der Waals surface area contributed by atoms with Crippen molar-refractivity contribution in [2.24, 2.45) is 16.5 Å². The number of aliphatic hydroxyl groups excluding tert-OH is 1. The van der Waals surface area contributed by atoms with Crippen LogP contribution in [0.25, 0.3) is 5.70 Å². The van der Waals surface area contributed by atoms with Crippen molar-refractivity contribution in [2.45, 2.75) is 44.8 Å². The SMILES string of the molecule is N/C=C(\N=C(N)Nc1cnn(CC(F)F)c1)c1cccc(N2CCc3cc(C4CC4)cc(F)c3C2=O)c1CO. The molecule has 204 valence electrons. The van der Waals surface area contributed by atoms with Gasteiger partial charge in [-0.15, -0.1) is 0 Å². The summed E-state index contributed by atoms with van der Waals surface area (Å²) in [5.41, 5.74) is 15.3. The molecule has 2 heterocycles. The maximum Gasteiger partial charge on any atom is 0.261 e. The molecule has 0 unspecified atom stereocenters. The molecule has 0 radical (unpaired) electrons. The summed E-state index contributed by atoms with van der Waals surface area (Å²) >= 11 is 0. The van der Waals surface area contributed by atoms with Gasteiger partial charge in [0, 0.05) is 30.1 Å². The first-order valence-corrected chi connectivity index (χ1v) is 12.5. The van der Waals surface area contributed by atoms with Gasteiger partial charge in [0.15, 0.2) is 5.96 Å². The molecule has 6 N–H and O–H groups in total. The van der Waals surface area contributed by atoms with Crippen molar-refractivity contribution in [3.8, 4) is 0 Å². The van der Waals surface area contributed by atoms with Gasteiger partial charge in [0.25, 0.3) is 12.3 Å². The maximum absolute atomic E-state index is 15.1.